The standard InChI is InChI=1S/C11H15NO2/c1-8(12)7-10-3-5-11(6-4-10)14-9(2)13/h3-6,8H,7,12H2,1-2H3. The van der Waals surface area contributed by atoms with Crippen molar-refractivity contribution in [1.82, 2.24) is 0 Å². The predicted molar refractivity (Wildman–Crippen MR) is 55.1 cm³/mol. The van der Waals surface area contributed by atoms with Crippen LogP contribution in [0.4, 0.5) is 0 Å². The van der Waals surface area contributed by atoms with E-state index in [4.69, 9.17) is 10.5 Å². The van der Waals surface area contributed by atoms with Gasteiger partial charge in [0.2, 0.25) is 0 Å². The number of hydrogen-bond donors (Lipinski definition) is 1. The summed E-state index contributed by atoms with van der Waals surface area (Å²) in [6.45, 7) is 3.34. The van der Waals surface area contributed by atoms with Crippen LogP contribution in [0.1, 0.15) is 19.4 Å². The molecule has 0 aliphatic carbocycles. The first-order valence-corrected chi connectivity index (χ1v) is 4.61. The molecular formula is C11H15NO2. The van der Waals surface area contributed by atoms with E-state index < -0.39 is 0 Å². The molecule has 0 saturated carbocycles. The number of ether oxygens (including phenoxy) is 1. The molecule has 3 nitrogen and oxygen atoms in total. The molecule has 0 fully saturated rings. The zero-order valence-electron chi connectivity index (χ0n) is 8.49. The van der Waals surface area contributed by atoms with Crippen LogP contribution in [0, 0.1) is 0 Å². The van der Waals surface area contributed by atoms with E-state index in [0.29, 0.717) is 5.75 Å². The number of carbonyl (C=O) groups excluding carboxylic acids is 1. The summed E-state index contributed by atoms with van der Waals surface area (Å²) < 4.78 is 4.90. The number of rotatable bonds is 3. The fourth-order valence-electron chi connectivity index (χ4n) is 1.23. The zero-order chi connectivity index (χ0) is 10.6. The Hall–Kier alpha value is -1.35. The van der Waals surface area contributed by atoms with Crippen LogP contribution in [0.25, 0.3) is 0 Å². The topological polar surface area (TPSA) is 52.3 Å². The van der Waals surface area contributed by atoms with Gasteiger partial charge in [-0.1, -0.05) is 12.1 Å². The van der Waals surface area contributed by atoms with Gasteiger partial charge in [0.25, 0.3) is 0 Å². The second-order valence-electron chi connectivity index (χ2n) is 3.42. The maximum Gasteiger partial charge on any atom is 0.308 e. The van der Waals surface area contributed by atoms with Crippen molar-refractivity contribution >= 4 is 5.97 Å². The number of benzene rings is 1. The Morgan fingerprint density at radius 2 is 2.00 bits per heavy atom. The minimum atomic E-state index is -0.301. The van der Waals surface area contributed by atoms with Crippen molar-refractivity contribution in [3.05, 3.63) is 29.8 Å². The smallest absolute Gasteiger partial charge is 0.308 e. The fraction of sp³-hybridized carbons (Fsp3) is 0.364. The summed E-state index contributed by atoms with van der Waals surface area (Å²) >= 11 is 0. The molecule has 3 heteroatoms. The van der Waals surface area contributed by atoms with Crippen LogP contribution in [-0.2, 0) is 11.2 Å². The summed E-state index contributed by atoms with van der Waals surface area (Å²) in [5, 5.41) is 0. The summed E-state index contributed by atoms with van der Waals surface area (Å²) in [4.78, 5) is 10.6. The molecule has 76 valence electrons. The Kier molecular flexibility index (Phi) is 3.65. The maximum atomic E-state index is 10.6. The van der Waals surface area contributed by atoms with E-state index in [1.165, 1.54) is 6.92 Å². The third-order valence-corrected chi connectivity index (χ3v) is 1.74. The molecular weight excluding hydrogens is 178 g/mol. The molecule has 0 saturated heterocycles. The van der Waals surface area contributed by atoms with Crippen LogP contribution in [0.15, 0.2) is 24.3 Å². The minimum Gasteiger partial charge on any atom is -0.427 e. The monoisotopic (exact) mass is 193 g/mol. The maximum absolute atomic E-state index is 10.6. The van der Waals surface area contributed by atoms with E-state index in [1.807, 2.05) is 19.1 Å². The molecule has 1 atom stereocenters. The summed E-state index contributed by atoms with van der Waals surface area (Å²) in [5.41, 5.74) is 6.81. The minimum absolute atomic E-state index is 0.148. The first-order chi connectivity index (χ1) is 6.58. The first-order valence-electron chi connectivity index (χ1n) is 4.61. The molecule has 1 unspecified atom stereocenters. The molecule has 0 spiro atoms. The lowest BCUT2D eigenvalue weighted by Gasteiger charge is -2.06. The highest BCUT2D eigenvalue weighted by Gasteiger charge is 2.00. The summed E-state index contributed by atoms with van der Waals surface area (Å²) in [6.07, 6.45) is 0.834. The number of hydrogen-bond acceptors (Lipinski definition) is 3. The van der Waals surface area contributed by atoms with E-state index in [9.17, 15) is 4.79 Å². The molecule has 0 aliphatic rings. The summed E-state index contributed by atoms with van der Waals surface area (Å²) in [7, 11) is 0. The average molecular weight is 193 g/mol. The van der Waals surface area contributed by atoms with E-state index in [-0.39, 0.29) is 12.0 Å². The Morgan fingerprint density at radius 3 is 2.43 bits per heavy atom. The second kappa shape index (κ2) is 4.77. The van der Waals surface area contributed by atoms with Crippen molar-refractivity contribution in [3.8, 4) is 5.75 Å². The molecule has 1 aromatic carbocycles. The Labute approximate surface area is 83.9 Å². The predicted octanol–water partition coefficient (Wildman–Crippen LogP) is 1.50. The number of nitrogens with two attached hydrogens (primary N) is 1. The van der Waals surface area contributed by atoms with Crippen molar-refractivity contribution in [2.75, 3.05) is 0 Å². The lowest BCUT2D eigenvalue weighted by Crippen LogP contribution is -2.17. The van der Waals surface area contributed by atoms with Gasteiger partial charge in [-0.15, -0.1) is 0 Å². The number of carbonyl (C=O) groups is 1. The molecule has 2 N–H and O–H groups in total. The zero-order valence-corrected chi connectivity index (χ0v) is 8.49. The molecule has 1 aromatic rings. The average Bonchev–Trinajstić information content (AvgIpc) is 2.06. The molecule has 0 heterocycles. The van der Waals surface area contributed by atoms with Gasteiger partial charge in [0, 0.05) is 13.0 Å². The van der Waals surface area contributed by atoms with Crippen molar-refractivity contribution in [2.24, 2.45) is 5.73 Å². The van der Waals surface area contributed by atoms with Gasteiger partial charge in [-0.3, -0.25) is 4.79 Å². The van der Waals surface area contributed by atoms with Gasteiger partial charge in [0.15, 0.2) is 0 Å². The Bertz CT molecular complexity index is 304. The lowest BCUT2D eigenvalue weighted by atomic mass is 10.1. The highest BCUT2D eigenvalue weighted by molar-refractivity contribution is 5.69. The van der Waals surface area contributed by atoms with Crippen molar-refractivity contribution in [1.29, 1.82) is 0 Å². The Balaban J connectivity index is 2.63. The molecule has 0 bridgehead atoms. The number of esters is 1. The van der Waals surface area contributed by atoms with Crippen molar-refractivity contribution < 1.29 is 9.53 Å². The van der Waals surface area contributed by atoms with Gasteiger partial charge in [-0.2, -0.15) is 0 Å². The molecule has 0 radical (unpaired) electrons. The quantitative estimate of drug-likeness (QED) is 0.584. The van der Waals surface area contributed by atoms with Crippen LogP contribution in [0.3, 0.4) is 0 Å². The molecule has 14 heavy (non-hydrogen) atoms. The van der Waals surface area contributed by atoms with Gasteiger partial charge >= 0.3 is 5.97 Å². The first kappa shape index (κ1) is 10.7. The van der Waals surface area contributed by atoms with E-state index >= 15 is 0 Å². The highest BCUT2D eigenvalue weighted by atomic mass is 16.5. The third-order valence-electron chi connectivity index (χ3n) is 1.74. The second-order valence-corrected chi connectivity index (χ2v) is 3.42. The molecule has 0 aliphatic heterocycles. The van der Waals surface area contributed by atoms with E-state index in [0.717, 1.165) is 12.0 Å². The SMILES string of the molecule is CC(=O)Oc1ccc(CC(C)N)cc1. The van der Waals surface area contributed by atoms with Crippen LogP contribution >= 0.6 is 0 Å². The lowest BCUT2D eigenvalue weighted by molar-refractivity contribution is -0.131. The van der Waals surface area contributed by atoms with Gasteiger partial charge in [0.1, 0.15) is 5.75 Å². The molecule has 0 aromatic heterocycles. The van der Waals surface area contributed by atoms with Crippen molar-refractivity contribution in [2.45, 2.75) is 26.3 Å². The van der Waals surface area contributed by atoms with Crippen LogP contribution in [-0.4, -0.2) is 12.0 Å². The molecule has 0 amide bonds. The fourth-order valence-corrected chi connectivity index (χ4v) is 1.23. The van der Waals surface area contributed by atoms with E-state index in [1.54, 1.807) is 12.1 Å². The summed E-state index contributed by atoms with van der Waals surface area (Å²) in [6, 6.07) is 7.54. The third kappa shape index (κ3) is 3.58. The van der Waals surface area contributed by atoms with Gasteiger partial charge < -0.3 is 10.5 Å². The van der Waals surface area contributed by atoms with Gasteiger partial charge in [0.05, 0.1) is 0 Å². The van der Waals surface area contributed by atoms with Crippen LogP contribution in [0.5, 0.6) is 5.75 Å². The van der Waals surface area contributed by atoms with Gasteiger partial charge in [-0.25, -0.2) is 0 Å². The summed E-state index contributed by atoms with van der Waals surface area (Å²) in [5.74, 6) is 0.274. The Morgan fingerprint density at radius 1 is 1.43 bits per heavy atom. The normalized spacial score (nSPS) is 12.2. The van der Waals surface area contributed by atoms with Crippen LogP contribution in [0.2, 0.25) is 0 Å². The van der Waals surface area contributed by atoms with Crippen LogP contribution < -0.4 is 10.5 Å². The highest BCUT2D eigenvalue weighted by Crippen LogP contribution is 2.13. The largest absolute Gasteiger partial charge is 0.427 e. The molecule has 1 rings (SSSR count). The van der Waals surface area contributed by atoms with Crippen molar-refractivity contribution in [3.63, 3.8) is 0 Å². The van der Waals surface area contributed by atoms with E-state index in [2.05, 4.69) is 0 Å². The van der Waals surface area contributed by atoms with Gasteiger partial charge in [-0.05, 0) is 31.0 Å².